The van der Waals surface area contributed by atoms with E-state index in [-0.39, 0.29) is 0 Å². The number of hydrogen-bond acceptors (Lipinski definition) is 4. The van der Waals surface area contributed by atoms with Gasteiger partial charge in [0.2, 0.25) is 0 Å². The second-order valence-electron chi connectivity index (χ2n) is 18.2. The van der Waals surface area contributed by atoms with Gasteiger partial charge in [0.25, 0.3) is 0 Å². The molecule has 0 radical (unpaired) electrons. The highest BCUT2D eigenvalue weighted by atomic mass is 32.2. The Labute approximate surface area is 397 Å². The van der Waals surface area contributed by atoms with Crippen molar-refractivity contribution in [1.29, 1.82) is 0 Å². The van der Waals surface area contributed by atoms with Crippen molar-refractivity contribution in [3.63, 3.8) is 0 Å². The van der Waals surface area contributed by atoms with Gasteiger partial charge in [-0.2, -0.15) is 0 Å². The maximum Gasteiger partial charge on any atom is 0.145 e. The van der Waals surface area contributed by atoms with E-state index in [4.69, 9.17) is 4.42 Å². The summed E-state index contributed by atoms with van der Waals surface area (Å²) in [5.74, 6) is 0.295. The molecule has 0 amide bonds. The van der Waals surface area contributed by atoms with Crippen LogP contribution in [0, 0.1) is 0 Å². The van der Waals surface area contributed by atoms with E-state index in [0.29, 0.717) is 5.75 Å². The van der Waals surface area contributed by atoms with Gasteiger partial charge in [-0.15, -0.1) is 0 Å². The van der Waals surface area contributed by atoms with Crippen LogP contribution in [0.2, 0.25) is 0 Å². The lowest BCUT2D eigenvalue weighted by molar-refractivity contribution is 0.480. The first kappa shape index (κ1) is 39.9. The second kappa shape index (κ2) is 15.0. The summed E-state index contributed by atoms with van der Waals surface area (Å²) in [5.41, 5.74) is 16.9. The van der Waals surface area contributed by atoms with E-state index in [0.717, 1.165) is 98.9 Å². The molecular formula is C58H40B5NO2S. The van der Waals surface area contributed by atoms with Gasteiger partial charge in [-0.25, -0.2) is 0 Å². The number of rotatable bonds is 4. The Hall–Kier alpha value is -7.47. The zero-order valence-corrected chi connectivity index (χ0v) is 38.8. The summed E-state index contributed by atoms with van der Waals surface area (Å²) in [6.45, 7) is 0. The molecule has 310 valence electrons. The second-order valence-corrected chi connectivity index (χ2v) is 19.2. The molecule has 0 aliphatic carbocycles. The maximum absolute atomic E-state index is 13.1. The van der Waals surface area contributed by atoms with E-state index in [9.17, 15) is 5.11 Å². The Kier molecular flexibility index (Phi) is 8.94. The molecule has 1 N–H and O–H groups in total. The maximum atomic E-state index is 13.1. The highest BCUT2D eigenvalue weighted by molar-refractivity contribution is 8.00. The lowest BCUT2D eigenvalue weighted by atomic mass is 9.69. The number of benzene rings is 11. The molecule has 3 nitrogen and oxygen atoms in total. The molecular weight excluding hydrogens is 829 g/mol. The van der Waals surface area contributed by atoms with Crippen molar-refractivity contribution in [3.05, 3.63) is 176 Å². The van der Waals surface area contributed by atoms with Crippen molar-refractivity contribution in [2.75, 3.05) is 4.90 Å². The normalized spacial score (nSPS) is 12.4. The third kappa shape index (κ3) is 5.74. The SMILES string of the molecule is Bc1c(O)c2c(c(B)c1-c1cc3ccccc3c3ccccc13)Sc1c(B)c(-c3cccc4c3oc3c(-c5ccccc5)cccc34)c(B)c(B)c1N2c1cc2ccccc2c2ccccc12. The van der Waals surface area contributed by atoms with E-state index in [2.05, 4.69) is 220 Å². The van der Waals surface area contributed by atoms with Crippen LogP contribution < -0.4 is 32.2 Å². The van der Waals surface area contributed by atoms with Crippen molar-refractivity contribution >= 4 is 160 Å². The fraction of sp³-hybridized carbons (Fsp3) is 0. The van der Waals surface area contributed by atoms with Crippen molar-refractivity contribution in [3.8, 4) is 39.1 Å². The van der Waals surface area contributed by atoms with Crippen LogP contribution in [0.15, 0.2) is 190 Å². The van der Waals surface area contributed by atoms with E-state index in [1.165, 1.54) is 53.7 Å². The quantitative estimate of drug-likeness (QED) is 0.143. The zero-order valence-electron chi connectivity index (χ0n) is 38.0. The van der Waals surface area contributed by atoms with Gasteiger partial charge in [0, 0.05) is 37.1 Å². The van der Waals surface area contributed by atoms with Crippen LogP contribution in [0.1, 0.15) is 0 Å². The number of fused-ring (bicyclic) bond motifs is 11. The van der Waals surface area contributed by atoms with Gasteiger partial charge in [0.15, 0.2) is 0 Å². The average Bonchev–Trinajstić information content (AvgIpc) is 3.77. The number of anilines is 3. The van der Waals surface area contributed by atoms with E-state index >= 15 is 0 Å². The van der Waals surface area contributed by atoms with Gasteiger partial charge < -0.3 is 14.4 Å². The zero-order chi connectivity index (χ0) is 45.2. The number of phenolic OH excluding ortho intramolecular Hbond substituents is 1. The molecule has 2 heterocycles. The highest BCUT2D eigenvalue weighted by Gasteiger charge is 2.36. The molecule has 1 aliphatic rings. The third-order valence-electron chi connectivity index (χ3n) is 14.7. The first-order chi connectivity index (χ1) is 32.8. The Morgan fingerprint density at radius 3 is 1.55 bits per heavy atom. The summed E-state index contributed by atoms with van der Waals surface area (Å²) in [6.07, 6.45) is 0. The van der Waals surface area contributed by atoms with E-state index in [1.54, 1.807) is 11.8 Å². The molecule has 0 fully saturated rings. The van der Waals surface area contributed by atoms with Gasteiger partial charge in [0.05, 0.1) is 11.4 Å². The topological polar surface area (TPSA) is 36.6 Å². The summed E-state index contributed by atoms with van der Waals surface area (Å²) >= 11 is 1.79. The lowest BCUT2D eigenvalue weighted by Crippen LogP contribution is -2.41. The summed E-state index contributed by atoms with van der Waals surface area (Å²) in [5, 5.41) is 24.8. The molecule has 67 heavy (non-hydrogen) atoms. The highest BCUT2D eigenvalue weighted by Crippen LogP contribution is 2.55. The van der Waals surface area contributed by atoms with Gasteiger partial charge in [0.1, 0.15) is 61.8 Å². The fourth-order valence-corrected chi connectivity index (χ4v) is 12.8. The monoisotopic (exact) mass is 869 g/mol. The summed E-state index contributed by atoms with van der Waals surface area (Å²) in [7, 11) is 11.2. The largest absolute Gasteiger partial charge is 0.506 e. The molecule has 0 saturated heterocycles. The minimum atomic E-state index is 0.295. The van der Waals surface area contributed by atoms with Gasteiger partial charge >= 0.3 is 0 Å². The van der Waals surface area contributed by atoms with Gasteiger partial charge in [-0.1, -0.05) is 197 Å². The molecule has 1 aliphatic heterocycles. The Morgan fingerprint density at radius 2 is 0.881 bits per heavy atom. The minimum Gasteiger partial charge on any atom is -0.506 e. The van der Waals surface area contributed by atoms with Crippen LogP contribution in [-0.4, -0.2) is 44.3 Å². The first-order valence-electron chi connectivity index (χ1n) is 23.1. The molecule has 13 rings (SSSR count). The third-order valence-corrected chi connectivity index (χ3v) is 16.1. The van der Waals surface area contributed by atoms with Crippen molar-refractivity contribution < 1.29 is 9.52 Å². The fourth-order valence-electron chi connectivity index (χ4n) is 11.4. The summed E-state index contributed by atoms with van der Waals surface area (Å²) in [4.78, 5) is 4.62. The van der Waals surface area contributed by atoms with Crippen molar-refractivity contribution in [2.24, 2.45) is 0 Å². The first-order valence-corrected chi connectivity index (χ1v) is 23.9. The molecule has 0 saturated carbocycles. The molecule has 0 spiro atoms. The predicted molar refractivity (Wildman–Crippen MR) is 301 cm³/mol. The number of hydrogen-bond donors (Lipinski definition) is 1. The summed E-state index contributed by atoms with van der Waals surface area (Å²) < 4.78 is 7.08. The van der Waals surface area contributed by atoms with E-state index < -0.39 is 0 Å². The number of nitrogens with zero attached hydrogens (tertiary/aromatic N) is 1. The van der Waals surface area contributed by atoms with Crippen molar-refractivity contribution in [2.45, 2.75) is 9.79 Å². The number of aromatic hydroxyl groups is 1. The lowest BCUT2D eigenvalue weighted by Gasteiger charge is -2.40. The van der Waals surface area contributed by atoms with Crippen LogP contribution in [0.25, 0.3) is 98.4 Å². The standard InChI is InChI=1S/C58H40B5NO2S/c59-47-45(42-27-13-26-41-40-25-12-24-35(55(40)66-56(41)42)30-14-2-1-3-15-30)49(61)57-52(51(47)63)64(44-29-32-17-5-7-19-34(32)37-21-10-11-23-39(37)44)53-54(65)48(60)46(50(62)58(53)67-57)43-28-31-16-4-6-18-33(31)36-20-8-9-22-38(36)43/h1-29,65H,59-63H2. The number of furan rings is 1. The molecule has 1 aromatic heterocycles. The molecule has 11 aromatic carbocycles. The van der Waals surface area contributed by atoms with Crippen LogP contribution in [-0.2, 0) is 0 Å². The van der Waals surface area contributed by atoms with Crippen LogP contribution in [0.5, 0.6) is 5.75 Å². The smallest absolute Gasteiger partial charge is 0.145 e. The number of para-hydroxylation sites is 2. The van der Waals surface area contributed by atoms with Crippen molar-refractivity contribution in [1.82, 2.24) is 0 Å². The molecule has 9 heteroatoms. The number of phenols is 1. The van der Waals surface area contributed by atoms with Crippen LogP contribution in [0.4, 0.5) is 17.1 Å². The molecule has 12 aromatic rings. The molecule has 0 atom stereocenters. The van der Waals surface area contributed by atoms with Crippen LogP contribution >= 0.6 is 11.8 Å². The Bertz CT molecular complexity index is 4110. The molecule has 0 unspecified atom stereocenters. The summed E-state index contributed by atoms with van der Waals surface area (Å²) in [6, 6.07) is 63.0. The van der Waals surface area contributed by atoms with E-state index in [1.807, 2.05) is 0 Å². The van der Waals surface area contributed by atoms with Gasteiger partial charge in [-0.3, -0.25) is 0 Å². The predicted octanol–water partition coefficient (Wildman–Crippen LogP) is 8.13. The Morgan fingerprint density at radius 1 is 0.388 bits per heavy atom. The van der Waals surface area contributed by atoms with Crippen LogP contribution in [0.3, 0.4) is 0 Å². The Balaban J connectivity index is 1.12. The molecule has 0 bridgehead atoms. The minimum absolute atomic E-state index is 0.295. The average molecular weight is 869 g/mol. The van der Waals surface area contributed by atoms with Gasteiger partial charge in [-0.05, 0) is 77.6 Å².